The summed E-state index contributed by atoms with van der Waals surface area (Å²) < 4.78 is 0. The van der Waals surface area contributed by atoms with Crippen molar-refractivity contribution in [3.63, 3.8) is 0 Å². The summed E-state index contributed by atoms with van der Waals surface area (Å²) in [6.45, 7) is 0.789. The SMILES string of the molecule is NCC1CCC(C(=O)NC2CCCCC2)CC1. The second-order valence-corrected chi connectivity index (χ2v) is 5.80. The molecule has 2 rings (SSSR count). The lowest BCUT2D eigenvalue weighted by atomic mass is 9.81. The lowest BCUT2D eigenvalue weighted by Crippen LogP contribution is -2.41. The van der Waals surface area contributed by atoms with Crippen LogP contribution >= 0.6 is 0 Å². The summed E-state index contributed by atoms with van der Waals surface area (Å²) in [4.78, 5) is 12.1. The van der Waals surface area contributed by atoms with Gasteiger partial charge in [-0.1, -0.05) is 19.3 Å². The first-order valence-electron chi connectivity index (χ1n) is 7.30. The molecule has 0 radical (unpaired) electrons. The van der Waals surface area contributed by atoms with E-state index in [4.69, 9.17) is 5.73 Å². The van der Waals surface area contributed by atoms with Gasteiger partial charge >= 0.3 is 0 Å². The summed E-state index contributed by atoms with van der Waals surface area (Å²) in [5.74, 6) is 1.24. The minimum Gasteiger partial charge on any atom is -0.353 e. The van der Waals surface area contributed by atoms with Crippen molar-refractivity contribution in [3.8, 4) is 0 Å². The molecular weight excluding hydrogens is 212 g/mol. The highest BCUT2D eigenvalue weighted by Gasteiger charge is 2.27. The minimum absolute atomic E-state index is 0.264. The van der Waals surface area contributed by atoms with Gasteiger partial charge in [-0.05, 0) is 51.0 Å². The average molecular weight is 238 g/mol. The molecule has 0 heterocycles. The molecule has 0 aromatic heterocycles. The predicted molar refractivity (Wildman–Crippen MR) is 69.5 cm³/mol. The van der Waals surface area contributed by atoms with Crippen LogP contribution in [0.25, 0.3) is 0 Å². The van der Waals surface area contributed by atoms with Crippen LogP contribution in [0.2, 0.25) is 0 Å². The van der Waals surface area contributed by atoms with Crippen LogP contribution in [0.1, 0.15) is 57.8 Å². The van der Waals surface area contributed by atoms with Crippen molar-refractivity contribution in [2.45, 2.75) is 63.8 Å². The monoisotopic (exact) mass is 238 g/mol. The smallest absolute Gasteiger partial charge is 0.223 e. The Bertz CT molecular complexity index is 241. The fourth-order valence-electron chi connectivity index (χ4n) is 3.23. The molecule has 0 spiro atoms. The lowest BCUT2D eigenvalue weighted by molar-refractivity contribution is -0.127. The van der Waals surface area contributed by atoms with Gasteiger partial charge in [0.15, 0.2) is 0 Å². The van der Waals surface area contributed by atoms with Crippen LogP contribution in [0, 0.1) is 11.8 Å². The van der Waals surface area contributed by atoms with Crippen LogP contribution < -0.4 is 11.1 Å². The van der Waals surface area contributed by atoms with Crippen molar-refractivity contribution < 1.29 is 4.79 Å². The van der Waals surface area contributed by atoms with Gasteiger partial charge in [0.2, 0.25) is 5.91 Å². The van der Waals surface area contributed by atoms with Crippen LogP contribution in [0.3, 0.4) is 0 Å². The highest BCUT2D eigenvalue weighted by Crippen LogP contribution is 2.28. The maximum atomic E-state index is 12.1. The molecule has 3 heteroatoms. The molecule has 0 atom stereocenters. The van der Waals surface area contributed by atoms with Crippen molar-refractivity contribution in [1.82, 2.24) is 5.32 Å². The van der Waals surface area contributed by atoms with Crippen LogP contribution in [-0.2, 0) is 4.79 Å². The Labute approximate surface area is 105 Å². The summed E-state index contributed by atoms with van der Waals surface area (Å²) in [6.07, 6.45) is 10.6. The summed E-state index contributed by atoms with van der Waals surface area (Å²) in [7, 11) is 0. The first kappa shape index (κ1) is 12.9. The van der Waals surface area contributed by atoms with Crippen LogP contribution in [-0.4, -0.2) is 18.5 Å². The van der Waals surface area contributed by atoms with E-state index in [1.165, 1.54) is 32.1 Å². The third-order valence-electron chi connectivity index (χ3n) is 4.50. The molecule has 3 nitrogen and oxygen atoms in total. The molecule has 2 aliphatic rings. The van der Waals surface area contributed by atoms with Crippen molar-refractivity contribution >= 4 is 5.91 Å². The summed E-state index contributed by atoms with van der Waals surface area (Å²) in [5, 5.41) is 3.25. The number of nitrogens with one attached hydrogen (secondary N) is 1. The predicted octanol–water partition coefficient (Wildman–Crippen LogP) is 2.20. The van der Waals surface area contributed by atoms with Gasteiger partial charge in [0.1, 0.15) is 0 Å². The Morgan fingerprint density at radius 3 is 2.24 bits per heavy atom. The molecule has 1 amide bonds. The Morgan fingerprint density at radius 2 is 1.65 bits per heavy atom. The molecule has 17 heavy (non-hydrogen) atoms. The molecule has 0 saturated heterocycles. The average Bonchev–Trinajstić information content (AvgIpc) is 2.40. The molecule has 2 fully saturated rings. The zero-order chi connectivity index (χ0) is 12.1. The third kappa shape index (κ3) is 3.70. The van der Waals surface area contributed by atoms with Gasteiger partial charge < -0.3 is 11.1 Å². The summed E-state index contributed by atoms with van der Waals surface area (Å²) in [6, 6.07) is 0.462. The van der Waals surface area contributed by atoms with Crippen molar-refractivity contribution in [1.29, 1.82) is 0 Å². The number of hydrogen-bond acceptors (Lipinski definition) is 2. The molecule has 2 aliphatic carbocycles. The van der Waals surface area contributed by atoms with Gasteiger partial charge in [-0.3, -0.25) is 4.79 Å². The van der Waals surface area contributed by atoms with E-state index in [1.54, 1.807) is 0 Å². The number of amides is 1. The van der Waals surface area contributed by atoms with E-state index in [0.29, 0.717) is 17.9 Å². The Balaban J connectivity index is 1.72. The second-order valence-electron chi connectivity index (χ2n) is 5.80. The molecule has 0 aromatic carbocycles. The van der Waals surface area contributed by atoms with Gasteiger partial charge in [-0.25, -0.2) is 0 Å². The zero-order valence-electron chi connectivity index (χ0n) is 10.8. The number of carbonyl (C=O) groups is 1. The van der Waals surface area contributed by atoms with Gasteiger partial charge in [0.05, 0.1) is 0 Å². The van der Waals surface area contributed by atoms with E-state index in [0.717, 1.165) is 32.2 Å². The summed E-state index contributed by atoms with van der Waals surface area (Å²) in [5.41, 5.74) is 5.67. The largest absolute Gasteiger partial charge is 0.353 e. The lowest BCUT2D eigenvalue weighted by Gasteiger charge is -2.29. The maximum Gasteiger partial charge on any atom is 0.223 e. The summed E-state index contributed by atoms with van der Waals surface area (Å²) >= 11 is 0. The second kappa shape index (κ2) is 6.39. The molecular formula is C14H26N2O. The van der Waals surface area contributed by atoms with Gasteiger partial charge in [-0.2, -0.15) is 0 Å². The number of hydrogen-bond donors (Lipinski definition) is 2. The highest BCUT2D eigenvalue weighted by atomic mass is 16.1. The van der Waals surface area contributed by atoms with Crippen molar-refractivity contribution in [2.75, 3.05) is 6.54 Å². The first-order valence-corrected chi connectivity index (χ1v) is 7.30. The standard InChI is InChI=1S/C14H26N2O/c15-10-11-6-8-12(9-7-11)14(17)16-13-4-2-1-3-5-13/h11-13H,1-10,15H2,(H,16,17). The molecule has 98 valence electrons. The molecule has 2 saturated carbocycles. The van der Waals surface area contributed by atoms with Crippen molar-refractivity contribution in [2.24, 2.45) is 17.6 Å². The highest BCUT2D eigenvalue weighted by molar-refractivity contribution is 5.79. The van der Waals surface area contributed by atoms with Crippen LogP contribution in [0.4, 0.5) is 0 Å². The van der Waals surface area contributed by atoms with Gasteiger partial charge in [0, 0.05) is 12.0 Å². The number of nitrogens with two attached hydrogens (primary N) is 1. The number of carbonyl (C=O) groups excluding carboxylic acids is 1. The molecule has 3 N–H and O–H groups in total. The quantitative estimate of drug-likeness (QED) is 0.792. The maximum absolute atomic E-state index is 12.1. The Hall–Kier alpha value is -0.570. The van der Waals surface area contributed by atoms with Gasteiger partial charge in [0.25, 0.3) is 0 Å². The zero-order valence-corrected chi connectivity index (χ0v) is 10.8. The van der Waals surface area contributed by atoms with E-state index >= 15 is 0 Å². The Morgan fingerprint density at radius 1 is 1.00 bits per heavy atom. The third-order valence-corrected chi connectivity index (χ3v) is 4.50. The fourth-order valence-corrected chi connectivity index (χ4v) is 3.23. The van der Waals surface area contributed by atoms with E-state index in [9.17, 15) is 4.79 Å². The minimum atomic E-state index is 0.264. The first-order chi connectivity index (χ1) is 8.29. The van der Waals surface area contributed by atoms with E-state index in [-0.39, 0.29) is 5.92 Å². The topological polar surface area (TPSA) is 55.1 Å². The van der Waals surface area contributed by atoms with Crippen LogP contribution in [0.5, 0.6) is 0 Å². The fraction of sp³-hybridized carbons (Fsp3) is 0.929. The molecule has 0 aliphatic heterocycles. The van der Waals surface area contributed by atoms with Crippen molar-refractivity contribution in [3.05, 3.63) is 0 Å². The normalized spacial score (nSPS) is 31.1. The number of rotatable bonds is 3. The van der Waals surface area contributed by atoms with Crippen LogP contribution in [0.15, 0.2) is 0 Å². The molecule has 0 bridgehead atoms. The molecule has 0 unspecified atom stereocenters. The Kier molecular flexibility index (Phi) is 4.84. The van der Waals surface area contributed by atoms with E-state index in [1.807, 2.05) is 0 Å². The van der Waals surface area contributed by atoms with E-state index < -0.39 is 0 Å². The molecule has 0 aromatic rings. The van der Waals surface area contributed by atoms with E-state index in [2.05, 4.69) is 5.32 Å². The van der Waals surface area contributed by atoms with Gasteiger partial charge in [-0.15, -0.1) is 0 Å².